The number of ether oxygens (including phenoxy) is 2. The van der Waals surface area contributed by atoms with E-state index >= 15 is 0 Å². The Morgan fingerprint density at radius 1 is 1.26 bits per heavy atom. The van der Waals surface area contributed by atoms with Gasteiger partial charge < -0.3 is 15.2 Å². The minimum atomic E-state index is 0.248. The average Bonchev–Trinajstić information content (AvgIpc) is 2.74. The van der Waals surface area contributed by atoms with Crippen LogP contribution >= 0.6 is 0 Å². The van der Waals surface area contributed by atoms with E-state index in [0.29, 0.717) is 19.3 Å². The molecule has 0 spiro atoms. The first kappa shape index (κ1) is 14.4. The Balaban J connectivity index is 2.00. The van der Waals surface area contributed by atoms with E-state index in [1.165, 1.54) is 16.7 Å². The fourth-order valence-electron chi connectivity index (χ4n) is 2.76. The predicted octanol–water partition coefficient (Wildman–Crippen LogP) is 2.75. The molecule has 19 heavy (non-hydrogen) atoms. The van der Waals surface area contributed by atoms with E-state index in [4.69, 9.17) is 15.2 Å². The van der Waals surface area contributed by atoms with E-state index < -0.39 is 0 Å². The second kappa shape index (κ2) is 6.40. The second-order valence-electron chi connectivity index (χ2n) is 5.55. The van der Waals surface area contributed by atoms with Crippen molar-refractivity contribution in [3.63, 3.8) is 0 Å². The molecule has 2 N–H and O–H groups in total. The third-order valence-electron chi connectivity index (χ3n) is 3.69. The number of hydrogen-bond acceptors (Lipinski definition) is 3. The third-order valence-corrected chi connectivity index (χ3v) is 3.69. The van der Waals surface area contributed by atoms with E-state index in [9.17, 15) is 0 Å². The van der Waals surface area contributed by atoms with Crippen molar-refractivity contribution < 1.29 is 9.47 Å². The zero-order chi connectivity index (χ0) is 13.8. The number of aryl methyl sites for hydroxylation is 2. The molecule has 1 aromatic carbocycles. The van der Waals surface area contributed by atoms with Gasteiger partial charge in [0, 0.05) is 0 Å². The number of nitrogens with two attached hydrogens (primary N) is 1. The lowest BCUT2D eigenvalue weighted by Crippen LogP contribution is -2.18. The molecule has 0 amide bonds. The van der Waals surface area contributed by atoms with E-state index in [-0.39, 0.29) is 6.10 Å². The molecule has 2 atom stereocenters. The normalized spacial score (nSPS) is 22.7. The Hall–Kier alpha value is -1.06. The zero-order valence-corrected chi connectivity index (χ0v) is 12.2. The largest absolute Gasteiger partial charge is 0.490 e. The molecule has 1 saturated heterocycles. The van der Waals surface area contributed by atoms with E-state index in [1.54, 1.807) is 0 Å². The highest BCUT2D eigenvalue weighted by Gasteiger charge is 2.22. The van der Waals surface area contributed by atoms with Gasteiger partial charge in [0.1, 0.15) is 12.4 Å². The highest BCUT2D eigenvalue weighted by atomic mass is 16.5. The van der Waals surface area contributed by atoms with Gasteiger partial charge in [0.25, 0.3) is 0 Å². The minimum Gasteiger partial charge on any atom is -0.490 e. The van der Waals surface area contributed by atoms with Gasteiger partial charge in [-0.25, -0.2) is 0 Å². The molecule has 106 valence electrons. The first-order valence-corrected chi connectivity index (χ1v) is 7.18. The molecule has 2 unspecified atom stereocenters. The molecule has 0 radical (unpaired) electrons. The van der Waals surface area contributed by atoms with Crippen molar-refractivity contribution in [3.8, 4) is 5.75 Å². The van der Waals surface area contributed by atoms with Crippen LogP contribution in [0.5, 0.6) is 5.75 Å². The van der Waals surface area contributed by atoms with Gasteiger partial charge in [-0.15, -0.1) is 0 Å². The van der Waals surface area contributed by atoms with Crippen LogP contribution in [-0.4, -0.2) is 25.4 Å². The lowest BCUT2D eigenvalue weighted by molar-refractivity contribution is 0.0262. The molecule has 3 heteroatoms. The van der Waals surface area contributed by atoms with Crippen molar-refractivity contribution >= 4 is 0 Å². The van der Waals surface area contributed by atoms with E-state index in [0.717, 1.165) is 25.0 Å². The summed E-state index contributed by atoms with van der Waals surface area (Å²) in [6.07, 6.45) is 3.79. The molecule has 1 aliphatic rings. The Morgan fingerprint density at radius 3 is 2.47 bits per heavy atom. The van der Waals surface area contributed by atoms with Crippen LogP contribution in [0.25, 0.3) is 0 Å². The molecule has 1 aliphatic heterocycles. The van der Waals surface area contributed by atoms with Crippen molar-refractivity contribution in [2.24, 2.45) is 5.73 Å². The summed E-state index contributed by atoms with van der Waals surface area (Å²) in [7, 11) is 0. The smallest absolute Gasteiger partial charge is 0.125 e. The Morgan fingerprint density at radius 2 is 1.95 bits per heavy atom. The van der Waals surface area contributed by atoms with Gasteiger partial charge in [0.15, 0.2) is 0 Å². The van der Waals surface area contributed by atoms with Gasteiger partial charge >= 0.3 is 0 Å². The first-order chi connectivity index (χ1) is 9.10. The standard InChI is InChI=1S/C16H25NO2/c1-11-8-14(6-7-17)9-12(2)16(11)18-10-15-5-4-13(3)19-15/h8-9,13,15H,4-7,10,17H2,1-3H3. The molecule has 0 aliphatic carbocycles. The summed E-state index contributed by atoms with van der Waals surface area (Å²) in [5.41, 5.74) is 9.27. The molecular formula is C16H25NO2. The van der Waals surface area contributed by atoms with Crippen LogP contribution in [0, 0.1) is 13.8 Å². The maximum absolute atomic E-state index is 5.98. The summed E-state index contributed by atoms with van der Waals surface area (Å²) < 4.78 is 11.8. The fraction of sp³-hybridized carbons (Fsp3) is 0.625. The van der Waals surface area contributed by atoms with Crippen molar-refractivity contribution in [3.05, 3.63) is 28.8 Å². The summed E-state index contributed by atoms with van der Waals surface area (Å²) in [5, 5.41) is 0. The third kappa shape index (κ3) is 3.71. The molecule has 2 rings (SSSR count). The number of hydrogen-bond donors (Lipinski definition) is 1. The summed E-state index contributed by atoms with van der Waals surface area (Å²) in [4.78, 5) is 0. The predicted molar refractivity (Wildman–Crippen MR) is 77.7 cm³/mol. The molecule has 1 fully saturated rings. The van der Waals surface area contributed by atoms with Crippen molar-refractivity contribution in [1.29, 1.82) is 0 Å². The lowest BCUT2D eigenvalue weighted by Gasteiger charge is -2.17. The van der Waals surface area contributed by atoms with Gasteiger partial charge in [0.05, 0.1) is 12.2 Å². The number of benzene rings is 1. The number of rotatable bonds is 5. The minimum absolute atomic E-state index is 0.248. The van der Waals surface area contributed by atoms with Crippen LogP contribution in [0.3, 0.4) is 0 Å². The zero-order valence-electron chi connectivity index (χ0n) is 12.2. The van der Waals surface area contributed by atoms with Crippen LogP contribution in [-0.2, 0) is 11.2 Å². The fourth-order valence-corrected chi connectivity index (χ4v) is 2.76. The molecule has 0 aromatic heterocycles. The Kier molecular flexibility index (Phi) is 4.83. The Labute approximate surface area is 116 Å². The van der Waals surface area contributed by atoms with Gasteiger partial charge in [-0.2, -0.15) is 0 Å². The van der Waals surface area contributed by atoms with Gasteiger partial charge in [-0.3, -0.25) is 0 Å². The van der Waals surface area contributed by atoms with Crippen LogP contribution in [0.15, 0.2) is 12.1 Å². The van der Waals surface area contributed by atoms with Crippen molar-refractivity contribution in [1.82, 2.24) is 0 Å². The van der Waals surface area contributed by atoms with Gasteiger partial charge in [-0.05, 0) is 63.3 Å². The SMILES string of the molecule is Cc1cc(CCN)cc(C)c1OCC1CCC(C)O1. The van der Waals surface area contributed by atoms with Crippen LogP contribution < -0.4 is 10.5 Å². The molecular weight excluding hydrogens is 238 g/mol. The maximum Gasteiger partial charge on any atom is 0.125 e. The Bertz CT molecular complexity index is 408. The maximum atomic E-state index is 5.98. The highest BCUT2D eigenvalue weighted by Crippen LogP contribution is 2.27. The molecule has 0 bridgehead atoms. The summed E-state index contributed by atoms with van der Waals surface area (Å²) >= 11 is 0. The van der Waals surface area contributed by atoms with E-state index in [1.807, 2.05) is 0 Å². The average molecular weight is 263 g/mol. The topological polar surface area (TPSA) is 44.5 Å². The highest BCUT2D eigenvalue weighted by molar-refractivity contribution is 5.43. The van der Waals surface area contributed by atoms with Crippen LogP contribution in [0.4, 0.5) is 0 Å². The first-order valence-electron chi connectivity index (χ1n) is 7.18. The van der Waals surface area contributed by atoms with Crippen LogP contribution in [0.1, 0.15) is 36.5 Å². The summed E-state index contributed by atoms with van der Waals surface area (Å²) in [6.45, 7) is 7.66. The van der Waals surface area contributed by atoms with Gasteiger partial charge in [-0.1, -0.05) is 12.1 Å². The molecule has 3 nitrogen and oxygen atoms in total. The van der Waals surface area contributed by atoms with Crippen molar-refractivity contribution in [2.45, 2.75) is 52.2 Å². The molecule has 0 saturated carbocycles. The van der Waals surface area contributed by atoms with E-state index in [2.05, 4.69) is 32.9 Å². The molecule has 1 aromatic rings. The molecule has 1 heterocycles. The van der Waals surface area contributed by atoms with Crippen molar-refractivity contribution in [2.75, 3.05) is 13.2 Å². The summed E-state index contributed by atoms with van der Waals surface area (Å²) in [5.74, 6) is 1.00. The monoisotopic (exact) mass is 263 g/mol. The second-order valence-corrected chi connectivity index (χ2v) is 5.55. The van der Waals surface area contributed by atoms with Crippen LogP contribution in [0.2, 0.25) is 0 Å². The summed E-state index contributed by atoms with van der Waals surface area (Å²) in [6, 6.07) is 4.35. The lowest BCUT2D eigenvalue weighted by atomic mass is 10.0. The van der Waals surface area contributed by atoms with Gasteiger partial charge in [0.2, 0.25) is 0 Å². The quantitative estimate of drug-likeness (QED) is 0.888.